The van der Waals surface area contributed by atoms with Gasteiger partial charge in [-0.3, -0.25) is 4.79 Å². The minimum Gasteiger partial charge on any atom is -0.372 e. The molecular weight excluding hydrogens is 364 g/mol. The van der Waals surface area contributed by atoms with Crippen molar-refractivity contribution >= 4 is 23.3 Å². The molecule has 0 unspecified atom stereocenters. The predicted molar refractivity (Wildman–Crippen MR) is 118 cm³/mol. The molecule has 6 nitrogen and oxygen atoms in total. The maximum atomic E-state index is 12.6. The van der Waals surface area contributed by atoms with Crippen LogP contribution in [0.25, 0.3) is 0 Å². The molecule has 2 heterocycles. The number of carbonyl (C=O) groups excluding carboxylic acids is 2. The van der Waals surface area contributed by atoms with Crippen LogP contribution in [0, 0.1) is 5.92 Å². The summed E-state index contributed by atoms with van der Waals surface area (Å²) < 4.78 is 0. The van der Waals surface area contributed by atoms with Crippen LogP contribution in [0.4, 0.5) is 16.2 Å². The second-order valence-corrected chi connectivity index (χ2v) is 8.58. The summed E-state index contributed by atoms with van der Waals surface area (Å²) in [5.41, 5.74) is 2.06. The van der Waals surface area contributed by atoms with Gasteiger partial charge in [0, 0.05) is 50.0 Å². The summed E-state index contributed by atoms with van der Waals surface area (Å²) in [4.78, 5) is 28.7. The van der Waals surface area contributed by atoms with E-state index in [9.17, 15) is 9.59 Å². The van der Waals surface area contributed by atoms with Crippen molar-refractivity contribution in [1.29, 1.82) is 0 Å². The number of unbranched alkanes of at least 4 members (excludes halogenated alkanes) is 1. The number of rotatable bonds is 6. The van der Waals surface area contributed by atoms with Crippen LogP contribution in [0.3, 0.4) is 0 Å². The van der Waals surface area contributed by atoms with Gasteiger partial charge in [-0.15, -0.1) is 0 Å². The molecule has 0 atom stereocenters. The number of urea groups is 1. The maximum Gasteiger partial charge on any atom is 0.321 e. The van der Waals surface area contributed by atoms with Gasteiger partial charge >= 0.3 is 6.03 Å². The fourth-order valence-corrected chi connectivity index (χ4v) is 4.09. The molecule has 0 aromatic heterocycles. The summed E-state index contributed by atoms with van der Waals surface area (Å²) in [6, 6.07) is 8.32. The average molecular weight is 401 g/mol. The van der Waals surface area contributed by atoms with Crippen molar-refractivity contribution in [2.45, 2.75) is 64.8 Å². The van der Waals surface area contributed by atoms with Crippen LogP contribution in [0.15, 0.2) is 24.3 Å². The summed E-state index contributed by atoms with van der Waals surface area (Å²) in [5.74, 6) is 0.955. The van der Waals surface area contributed by atoms with E-state index in [0.717, 1.165) is 50.4 Å². The molecule has 2 N–H and O–H groups in total. The van der Waals surface area contributed by atoms with Gasteiger partial charge < -0.3 is 20.4 Å². The standard InChI is InChI=1S/C23H36N4O2/c1-3-4-5-22(28)24-20-12-16-27(17-13-20)23(29)25-19-6-8-21(9-7-19)26-14-10-18(2)11-15-26/h6-9,18,20H,3-5,10-17H2,1-2H3,(H,24,28)(H,25,29). The summed E-state index contributed by atoms with van der Waals surface area (Å²) in [6.07, 6.45) is 6.69. The molecule has 0 radical (unpaired) electrons. The molecule has 2 saturated heterocycles. The largest absolute Gasteiger partial charge is 0.372 e. The fourth-order valence-electron chi connectivity index (χ4n) is 4.09. The molecule has 29 heavy (non-hydrogen) atoms. The van der Waals surface area contributed by atoms with Gasteiger partial charge in [-0.2, -0.15) is 0 Å². The highest BCUT2D eigenvalue weighted by Crippen LogP contribution is 2.24. The molecule has 2 fully saturated rings. The molecule has 0 spiro atoms. The normalized spacial score (nSPS) is 18.6. The Kier molecular flexibility index (Phi) is 7.78. The summed E-state index contributed by atoms with van der Waals surface area (Å²) in [7, 11) is 0. The van der Waals surface area contributed by atoms with Crippen molar-refractivity contribution in [2.24, 2.45) is 5.92 Å². The maximum absolute atomic E-state index is 12.6. The van der Waals surface area contributed by atoms with Crippen LogP contribution >= 0.6 is 0 Å². The van der Waals surface area contributed by atoms with Crippen molar-refractivity contribution in [3.63, 3.8) is 0 Å². The van der Waals surface area contributed by atoms with Gasteiger partial charge in [0.1, 0.15) is 0 Å². The van der Waals surface area contributed by atoms with E-state index in [1.807, 2.05) is 17.0 Å². The first-order valence-electron chi connectivity index (χ1n) is 11.3. The lowest BCUT2D eigenvalue weighted by atomic mass is 9.99. The molecular formula is C23H36N4O2. The van der Waals surface area contributed by atoms with E-state index in [-0.39, 0.29) is 18.0 Å². The zero-order valence-corrected chi connectivity index (χ0v) is 18.0. The quantitative estimate of drug-likeness (QED) is 0.751. The van der Waals surface area contributed by atoms with Gasteiger partial charge in [0.25, 0.3) is 0 Å². The van der Waals surface area contributed by atoms with Crippen molar-refractivity contribution in [2.75, 3.05) is 36.4 Å². The first-order valence-corrected chi connectivity index (χ1v) is 11.3. The van der Waals surface area contributed by atoms with E-state index in [2.05, 4.69) is 41.5 Å². The second kappa shape index (κ2) is 10.5. The number of amides is 3. The first kappa shape index (κ1) is 21.5. The number of anilines is 2. The lowest BCUT2D eigenvalue weighted by molar-refractivity contribution is -0.122. The molecule has 1 aromatic rings. The number of piperidine rings is 2. The van der Waals surface area contributed by atoms with Crippen LogP contribution in [0.1, 0.15) is 58.8 Å². The Bertz CT molecular complexity index is 660. The molecule has 0 bridgehead atoms. The van der Waals surface area contributed by atoms with Gasteiger partial charge in [0.15, 0.2) is 0 Å². The highest BCUT2D eigenvalue weighted by atomic mass is 16.2. The topological polar surface area (TPSA) is 64.7 Å². The predicted octanol–water partition coefficient (Wildman–Crippen LogP) is 4.23. The Balaban J connectivity index is 1.42. The molecule has 0 aliphatic carbocycles. The van der Waals surface area contributed by atoms with E-state index >= 15 is 0 Å². The summed E-state index contributed by atoms with van der Waals surface area (Å²) in [6.45, 7) is 7.97. The molecule has 160 valence electrons. The minimum absolute atomic E-state index is 0.0553. The third-order valence-corrected chi connectivity index (χ3v) is 6.17. The Labute approximate surface area is 175 Å². The van der Waals surface area contributed by atoms with Crippen LogP contribution in [0.2, 0.25) is 0 Å². The SMILES string of the molecule is CCCCC(=O)NC1CCN(C(=O)Nc2ccc(N3CCC(C)CC3)cc2)CC1. The third kappa shape index (κ3) is 6.38. The van der Waals surface area contributed by atoms with Gasteiger partial charge in [0.05, 0.1) is 0 Å². The van der Waals surface area contributed by atoms with E-state index in [1.54, 1.807) is 0 Å². The number of nitrogens with zero attached hydrogens (tertiary/aromatic N) is 2. The molecule has 2 aliphatic heterocycles. The number of hydrogen-bond acceptors (Lipinski definition) is 3. The lowest BCUT2D eigenvalue weighted by Crippen LogP contribution is -2.47. The average Bonchev–Trinajstić information content (AvgIpc) is 2.74. The smallest absolute Gasteiger partial charge is 0.321 e. The van der Waals surface area contributed by atoms with E-state index in [0.29, 0.717) is 19.5 Å². The Hall–Kier alpha value is -2.24. The summed E-state index contributed by atoms with van der Waals surface area (Å²) in [5, 5.41) is 6.11. The number of likely N-dealkylation sites (tertiary alicyclic amines) is 1. The van der Waals surface area contributed by atoms with E-state index in [1.165, 1.54) is 18.5 Å². The zero-order valence-electron chi connectivity index (χ0n) is 18.0. The van der Waals surface area contributed by atoms with E-state index in [4.69, 9.17) is 0 Å². The second-order valence-electron chi connectivity index (χ2n) is 8.58. The Morgan fingerprint density at radius 2 is 1.66 bits per heavy atom. The third-order valence-electron chi connectivity index (χ3n) is 6.17. The van der Waals surface area contributed by atoms with Crippen molar-refractivity contribution in [3.8, 4) is 0 Å². The highest BCUT2D eigenvalue weighted by molar-refractivity contribution is 5.89. The van der Waals surface area contributed by atoms with Crippen molar-refractivity contribution < 1.29 is 9.59 Å². The van der Waals surface area contributed by atoms with Gasteiger partial charge in [-0.1, -0.05) is 20.3 Å². The van der Waals surface area contributed by atoms with Crippen LogP contribution in [-0.4, -0.2) is 49.1 Å². The lowest BCUT2D eigenvalue weighted by Gasteiger charge is -2.33. The Morgan fingerprint density at radius 1 is 1.00 bits per heavy atom. The molecule has 1 aromatic carbocycles. The molecule has 3 rings (SSSR count). The minimum atomic E-state index is -0.0553. The summed E-state index contributed by atoms with van der Waals surface area (Å²) >= 11 is 0. The fraction of sp³-hybridized carbons (Fsp3) is 0.652. The Morgan fingerprint density at radius 3 is 2.28 bits per heavy atom. The van der Waals surface area contributed by atoms with Crippen LogP contribution in [-0.2, 0) is 4.79 Å². The highest BCUT2D eigenvalue weighted by Gasteiger charge is 2.24. The number of nitrogens with one attached hydrogen (secondary N) is 2. The van der Waals surface area contributed by atoms with Gasteiger partial charge in [0.2, 0.25) is 5.91 Å². The van der Waals surface area contributed by atoms with Gasteiger partial charge in [-0.05, 0) is 62.3 Å². The van der Waals surface area contributed by atoms with Crippen molar-refractivity contribution in [3.05, 3.63) is 24.3 Å². The zero-order chi connectivity index (χ0) is 20.6. The number of benzene rings is 1. The van der Waals surface area contributed by atoms with Crippen LogP contribution in [0.5, 0.6) is 0 Å². The van der Waals surface area contributed by atoms with Crippen LogP contribution < -0.4 is 15.5 Å². The molecule has 2 aliphatic rings. The van der Waals surface area contributed by atoms with E-state index < -0.39 is 0 Å². The molecule has 3 amide bonds. The first-order chi connectivity index (χ1) is 14.0. The van der Waals surface area contributed by atoms with Crippen molar-refractivity contribution in [1.82, 2.24) is 10.2 Å². The monoisotopic (exact) mass is 400 g/mol. The number of carbonyl (C=O) groups is 2. The number of hydrogen-bond donors (Lipinski definition) is 2. The van der Waals surface area contributed by atoms with Gasteiger partial charge in [-0.25, -0.2) is 4.79 Å². The molecule has 0 saturated carbocycles. The molecule has 6 heteroatoms.